The summed E-state index contributed by atoms with van der Waals surface area (Å²) in [7, 11) is 0. The van der Waals surface area contributed by atoms with E-state index in [2.05, 4.69) is 15.6 Å². The summed E-state index contributed by atoms with van der Waals surface area (Å²) in [6.45, 7) is 1.05. The van der Waals surface area contributed by atoms with Gasteiger partial charge in [0.1, 0.15) is 12.4 Å². The highest BCUT2D eigenvalue weighted by atomic mass is 32.1. The van der Waals surface area contributed by atoms with Crippen LogP contribution < -0.4 is 15.4 Å². The van der Waals surface area contributed by atoms with Crippen molar-refractivity contribution in [3.05, 3.63) is 107 Å². The topological polar surface area (TPSA) is 101 Å². The number of carbonyl (C=O) groups excluding carboxylic acids is 1. The van der Waals surface area contributed by atoms with E-state index < -0.39 is 5.97 Å². The zero-order chi connectivity index (χ0) is 23.8. The van der Waals surface area contributed by atoms with E-state index in [1.165, 1.54) is 11.3 Å². The molecule has 34 heavy (non-hydrogen) atoms. The minimum Gasteiger partial charge on any atom is -0.487 e. The van der Waals surface area contributed by atoms with Gasteiger partial charge in [0, 0.05) is 17.5 Å². The Morgan fingerprint density at radius 2 is 1.65 bits per heavy atom. The molecule has 0 fully saturated rings. The van der Waals surface area contributed by atoms with Gasteiger partial charge in [0.15, 0.2) is 5.13 Å². The molecular weight excluding hydrogens is 450 g/mol. The van der Waals surface area contributed by atoms with Gasteiger partial charge in [-0.05, 0) is 35.4 Å². The molecule has 1 amide bonds. The molecule has 1 aromatic heterocycles. The van der Waals surface area contributed by atoms with E-state index in [0.29, 0.717) is 29.5 Å². The van der Waals surface area contributed by atoms with Crippen molar-refractivity contribution in [2.75, 3.05) is 10.6 Å². The molecule has 7 nitrogen and oxygen atoms in total. The standard InChI is InChI=1S/C26H23N3O4S/c30-24(31)14-21-17-34-26(28-21)29-25(32)20-12-10-18(11-13-20)15-27-22-8-4-5-9-23(22)33-16-19-6-2-1-3-7-19/h1-13,17,27H,14-16H2,(H,30,31)(H,28,29,32). The molecule has 0 bridgehead atoms. The average molecular weight is 474 g/mol. The molecule has 3 aromatic carbocycles. The number of aliphatic carboxylic acids is 1. The summed E-state index contributed by atoms with van der Waals surface area (Å²) in [6.07, 6.45) is -0.172. The minimum absolute atomic E-state index is 0.172. The second-order valence-electron chi connectivity index (χ2n) is 7.49. The van der Waals surface area contributed by atoms with Crippen molar-refractivity contribution >= 4 is 34.0 Å². The van der Waals surface area contributed by atoms with E-state index in [0.717, 1.165) is 22.6 Å². The summed E-state index contributed by atoms with van der Waals surface area (Å²) in [5, 5.41) is 16.9. The van der Waals surface area contributed by atoms with Gasteiger partial charge in [-0.1, -0.05) is 54.6 Å². The Hall–Kier alpha value is -4.17. The first kappa shape index (κ1) is 23.0. The summed E-state index contributed by atoms with van der Waals surface area (Å²) in [5.74, 6) is -0.485. The Kier molecular flexibility index (Phi) is 7.52. The van der Waals surface area contributed by atoms with Gasteiger partial charge in [-0.25, -0.2) is 4.98 Å². The van der Waals surface area contributed by atoms with E-state index in [1.54, 1.807) is 17.5 Å². The lowest BCUT2D eigenvalue weighted by Crippen LogP contribution is -2.12. The number of nitrogens with one attached hydrogen (secondary N) is 2. The van der Waals surface area contributed by atoms with Crippen LogP contribution in [0.3, 0.4) is 0 Å². The molecule has 0 radical (unpaired) electrons. The highest BCUT2D eigenvalue weighted by Crippen LogP contribution is 2.25. The predicted molar refractivity (Wildman–Crippen MR) is 132 cm³/mol. The van der Waals surface area contributed by atoms with Gasteiger partial charge in [0.2, 0.25) is 0 Å². The molecule has 172 valence electrons. The average Bonchev–Trinajstić information content (AvgIpc) is 3.28. The Morgan fingerprint density at radius 1 is 0.912 bits per heavy atom. The number of carboxylic acid groups (broad SMARTS) is 1. The van der Waals surface area contributed by atoms with Crippen molar-refractivity contribution in [1.29, 1.82) is 0 Å². The van der Waals surface area contributed by atoms with Crippen LogP contribution in [0.1, 0.15) is 27.2 Å². The highest BCUT2D eigenvalue weighted by Gasteiger charge is 2.11. The number of rotatable bonds is 10. The van der Waals surface area contributed by atoms with E-state index in [9.17, 15) is 9.59 Å². The van der Waals surface area contributed by atoms with Crippen molar-refractivity contribution in [3.8, 4) is 5.75 Å². The largest absolute Gasteiger partial charge is 0.487 e. The second-order valence-corrected chi connectivity index (χ2v) is 8.35. The van der Waals surface area contributed by atoms with Crippen LogP contribution in [0.25, 0.3) is 0 Å². The molecule has 0 spiro atoms. The zero-order valence-corrected chi connectivity index (χ0v) is 19.0. The number of aromatic nitrogens is 1. The molecule has 4 aromatic rings. The lowest BCUT2D eigenvalue weighted by molar-refractivity contribution is -0.136. The smallest absolute Gasteiger partial charge is 0.309 e. The van der Waals surface area contributed by atoms with Crippen molar-refractivity contribution in [2.24, 2.45) is 0 Å². The summed E-state index contributed by atoms with van der Waals surface area (Å²) in [6, 6.07) is 25.0. The first-order valence-corrected chi connectivity index (χ1v) is 11.5. The number of nitrogens with zero attached hydrogens (tertiary/aromatic N) is 1. The van der Waals surface area contributed by atoms with E-state index in [-0.39, 0.29) is 12.3 Å². The Balaban J connectivity index is 1.32. The number of carbonyl (C=O) groups is 2. The molecular formula is C26H23N3O4S. The fraction of sp³-hybridized carbons (Fsp3) is 0.115. The number of ether oxygens (including phenoxy) is 1. The fourth-order valence-electron chi connectivity index (χ4n) is 3.21. The summed E-state index contributed by atoms with van der Waals surface area (Å²) >= 11 is 1.20. The summed E-state index contributed by atoms with van der Waals surface area (Å²) in [4.78, 5) is 27.4. The zero-order valence-electron chi connectivity index (χ0n) is 18.2. The third-order valence-corrected chi connectivity index (χ3v) is 5.73. The molecule has 3 N–H and O–H groups in total. The number of para-hydroxylation sites is 2. The molecule has 0 saturated heterocycles. The van der Waals surface area contributed by atoms with Gasteiger partial charge < -0.3 is 15.2 Å². The molecule has 8 heteroatoms. The van der Waals surface area contributed by atoms with Crippen LogP contribution in [0.5, 0.6) is 5.75 Å². The SMILES string of the molecule is O=C(O)Cc1csc(NC(=O)c2ccc(CNc3ccccc3OCc3ccccc3)cc2)n1. The van der Waals surface area contributed by atoms with Crippen LogP contribution in [0.4, 0.5) is 10.8 Å². The number of amides is 1. The molecule has 0 unspecified atom stereocenters. The van der Waals surface area contributed by atoms with Crippen molar-refractivity contribution < 1.29 is 19.4 Å². The number of thiazole rings is 1. The lowest BCUT2D eigenvalue weighted by atomic mass is 10.1. The van der Waals surface area contributed by atoms with E-state index in [1.807, 2.05) is 66.7 Å². The summed E-state index contributed by atoms with van der Waals surface area (Å²) < 4.78 is 5.99. The Labute approximate surface area is 201 Å². The minimum atomic E-state index is -0.960. The molecule has 0 aliphatic carbocycles. The summed E-state index contributed by atoms with van der Waals surface area (Å²) in [5.41, 5.74) is 3.91. The third kappa shape index (κ3) is 6.43. The van der Waals surface area contributed by atoms with Gasteiger partial charge in [-0.2, -0.15) is 0 Å². The molecule has 1 heterocycles. The predicted octanol–water partition coefficient (Wildman–Crippen LogP) is 5.21. The molecule has 0 saturated carbocycles. The number of benzene rings is 3. The van der Waals surface area contributed by atoms with Crippen LogP contribution in [0.15, 0.2) is 84.2 Å². The Bertz CT molecular complexity index is 1260. The van der Waals surface area contributed by atoms with Gasteiger partial charge in [-0.15, -0.1) is 11.3 Å². The maximum atomic E-state index is 12.5. The van der Waals surface area contributed by atoms with Crippen molar-refractivity contribution in [3.63, 3.8) is 0 Å². The number of hydrogen-bond donors (Lipinski definition) is 3. The number of anilines is 2. The van der Waals surface area contributed by atoms with Gasteiger partial charge in [0.05, 0.1) is 17.8 Å². The lowest BCUT2D eigenvalue weighted by Gasteiger charge is -2.13. The van der Waals surface area contributed by atoms with Crippen LogP contribution in [-0.4, -0.2) is 22.0 Å². The normalized spacial score (nSPS) is 10.5. The number of hydrogen-bond acceptors (Lipinski definition) is 6. The third-order valence-electron chi connectivity index (χ3n) is 4.93. The molecule has 0 aliphatic rings. The highest BCUT2D eigenvalue weighted by molar-refractivity contribution is 7.14. The fourth-order valence-corrected chi connectivity index (χ4v) is 3.92. The van der Waals surface area contributed by atoms with Gasteiger partial charge in [0.25, 0.3) is 5.91 Å². The molecule has 0 aliphatic heterocycles. The van der Waals surface area contributed by atoms with E-state index >= 15 is 0 Å². The first-order valence-electron chi connectivity index (χ1n) is 10.6. The van der Waals surface area contributed by atoms with E-state index in [4.69, 9.17) is 9.84 Å². The first-order chi connectivity index (χ1) is 16.6. The van der Waals surface area contributed by atoms with Crippen LogP contribution in [0.2, 0.25) is 0 Å². The van der Waals surface area contributed by atoms with Gasteiger partial charge >= 0.3 is 5.97 Å². The van der Waals surface area contributed by atoms with Crippen LogP contribution >= 0.6 is 11.3 Å². The van der Waals surface area contributed by atoms with Crippen LogP contribution in [0, 0.1) is 0 Å². The Morgan fingerprint density at radius 3 is 2.41 bits per heavy atom. The van der Waals surface area contributed by atoms with Crippen molar-refractivity contribution in [1.82, 2.24) is 4.98 Å². The second kappa shape index (κ2) is 11.1. The van der Waals surface area contributed by atoms with Gasteiger partial charge in [-0.3, -0.25) is 14.9 Å². The molecule has 0 atom stereocenters. The number of carboxylic acids is 1. The monoisotopic (exact) mass is 473 g/mol. The van der Waals surface area contributed by atoms with Crippen LogP contribution in [-0.2, 0) is 24.4 Å². The maximum absolute atomic E-state index is 12.5. The maximum Gasteiger partial charge on any atom is 0.309 e. The van der Waals surface area contributed by atoms with Crippen molar-refractivity contribution in [2.45, 2.75) is 19.6 Å². The molecule has 4 rings (SSSR count). The quantitative estimate of drug-likeness (QED) is 0.292.